The standard InChI is InChI=1S/C33H30Cl5F2N3O6/c1-31(2,3)23-20(39)13-21(43(29(46)47)30(48)49-32(4,5)6)26(25(23)40)42-27(44)18-12-17(7-8-19(18)36)41-28(45)24-22(33(24,37)38)14-9-15(34)11-16(35)10-14/h7-13,22,24H,1-6H3,(H,41,45)(H,42,44)(H,46,47)/t22-,24+/m0/s1. The molecule has 0 unspecified atom stereocenters. The summed E-state index contributed by atoms with van der Waals surface area (Å²) in [6.07, 6.45) is -3.42. The van der Waals surface area contributed by atoms with Gasteiger partial charge in [-0.2, -0.15) is 4.90 Å². The lowest BCUT2D eigenvalue weighted by Crippen LogP contribution is -2.41. The van der Waals surface area contributed by atoms with Gasteiger partial charge in [-0.25, -0.2) is 18.4 Å². The largest absolute Gasteiger partial charge is 0.464 e. The van der Waals surface area contributed by atoms with Crippen LogP contribution in [0.5, 0.6) is 0 Å². The van der Waals surface area contributed by atoms with Gasteiger partial charge >= 0.3 is 12.2 Å². The first-order valence-corrected chi connectivity index (χ1v) is 16.4. The second-order valence-corrected chi connectivity index (χ2v) is 16.0. The number of benzene rings is 3. The summed E-state index contributed by atoms with van der Waals surface area (Å²) in [4.78, 5) is 52.1. The Labute approximate surface area is 305 Å². The predicted molar refractivity (Wildman–Crippen MR) is 187 cm³/mol. The van der Waals surface area contributed by atoms with Crippen molar-refractivity contribution in [3.05, 3.63) is 85.9 Å². The fraction of sp³-hybridized carbons (Fsp3) is 0.333. The third-order valence-corrected chi connectivity index (χ3v) is 8.96. The first-order chi connectivity index (χ1) is 22.4. The lowest BCUT2D eigenvalue weighted by Gasteiger charge is -2.28. The second kappa shape index (κ2) is 13.8. The number of hydrogen-bond donors (Lipinski definition) is 3. The molecule has 0 radical (unpaired) electrons. The number of imide groups is 1. The summed E-state index contributed by atoms with van der Waals surface area (Å²) in [5, 5.41) is 15.3. The van der Waals surface area contributed by atoms with Gasteiger partial charge in [0, 0.05) is 33.3 Å². The Bertz CT molecular complexity index is 1860. The monoisotopic (exact) mass is 777 g/mol. The van der Waals surface area contributed by atoms with E-state index in [-0.39, 0.29) is 21.2 Å². The summed E-state index contributed by atoms with van der Waals surface area (Å²) >= 11 is 31.4. The molecule has 49 heavy (non-hydrogen) atoms. The van der Waals surface area contributed by atoms with E-state index in [2.05, 4.69) is 10.6 Å². The van der Waals surface area contributed by atoms with Crippen LogP contribution in [0, 0.1) is 17.6 Å². The number of anilines is 3. The molecule has 9 nitrogen and oxygen atoms in total. The third-order valence-electron chi connectivity index (χ3n) is 7.25. The van der Waals surface area contributed by atoms with E-state index in [9.17, 15) is 24.3 Å². The van der Waals surface area contributed by atoms with Crippen molar-refractivity contribution in [1.82, 2.24) is 0 Å². The van der Waals surface area contributed by atoms with Crippen LogP contribution in [0.3, 0.4) is 0 Å². The average Bonchev–Trinajstić information content (AvgIpc) is 3.51. The number of rotatable bonds is 6. The summed E-state index contributed by atoms with van der Waals surface area (Å²) in [6.45, 7) is 8.86. The fourth-order valence-electron chi connectivity index (χ4n) is 5.18. The van der Waals surface area contributed by atoms with E-state index in [1.54, 1.807) is 12.1 Å². The van der Waals surface area contributed by atoms with Crippen LogP contribution in [-0.2, 0) is 14.9 Å². The molecule has 262 valence electrons. The Morgan fingerprint density at radius 2 is 1.49 bits per heavy atom. The van der Waals surface area contributed by atoms with Gasteiger partial charge in [-0.1, -0.05) is 55.6 Å². The highest BCUT2D eigenvalue weighted by Crippen LogP contribution is 2.65. The minimum Gasteiger partial charge on any atom is -0.464 e. The van der Waals surface area contributed by atoms with E-state index in [4.69, 9.17) is 62.7 Å². The highest BCUT2D eigenvalue weighted by molar-refractivity contribution is 6.53. The number of carbonyl (C=O) groups excluding carboxylic acids is 3. The van der Waals surface area contributed by atoms with E-state index in [0.29, 0.717) is 21.7 Å². The van der Waals surface area contributed by atoms with E-state index in [0.717, 1.165) is 0 Å². The van der Waals surface area contributed by atoms with Crippen LogP contribution in [0.1, 0.15) is 68.9 Å². The van der Waals surface area contributed by atoms with Gasteiger partial charge in [0.2, 0.25) is 5.91 Å². The van der Waals surface area contributed by atoms with E-state index < -0.39 is 79.8 Å². The molecule has 1 aliphatic carbocycles. The number of halogens is 7. The Morgan fingerprint density at radius 1 is 0.898 bits per heavy atom. The molecule has 0 spiro atoms. The summed E-state index contributed by atoms with van der Waals surface area (Å²) in [7, 11) is 0. The second-order valence-electron chi connectivity index (χ2n) is 13.3. The molecular formula is C33H30Cl5F2N3O6. The van der Waals surface area contributed by atoms with Crippen molar-refractivity contribution >= 4 is 99.1 Å². The van der Waals surface area contributed by atoms with Gasteiger partial charge in [0.25, 0.3) is 5.91 Å². The van der Waals surface area contributed by atoms with Gasteiger partial charge in [-0.3, -0.25) is 9.59 Å². The van der Waals surface area contributed by atoms with Crippen LogP contribution in [-0.4, -0.2) is 39.0 Å². The summed E-state index contributed by atoms with van der Waals surface area (Å²) in [5.41, 5.74) is -4.28. The quantitative estimate of drug-likeness (QED) is 0.214. The topological polar surface area (TPSA) is 125 Å². The molecule has 0 aromatic heterocycles. The lowest BCUT2D eigenvalue weighted by molar-refractivity contribution is -0.117. The first-order valence-electron chi connectivity index (χ1n) is 14.5. The van der Waals surface area contributed by atoms with Crippen molar-refractivity contribution in [2.75, 3.05) is 15.5 Å². The highest BCUT2D eigenvalue weighted by Gasteiger charge is 2.67. The number of carboxylic acid groups (broad SMARTS) is 1. The molecule has 3 aromatic rings. The number of hydrogen-bond acceptors (Lipinski definition) is 5. The van der Waals surface area contributed by atoms with Crippen LogP contribution < -0.4 is 15.5 Å². The Kier molecular flexibility index (Phi) is 10.8. The molecule has 0 saturated heterocycles. The number of nitrogens with zero attached hydrogens (tertiary/aromatic N) is 1. The minimum absolute atomic E-state index is 0.0264. The zero-order valence-electron chi connectivity index (χ0n) is 26.8. The van der Waals surface area contributed by atoms with Crippen molar-refractivity contribution in [2.45, 2.75) is 62.8 Å². The summed E-state index contributed by atoms with van der Waals surface area (Å²) < 4.78 is 35.2. The predicted octanol–water partition coefficient (Wildman–Crippen LogP) is 10.4. The molecule has 1 saturated carbocycles. The normalized spacial score (nSPS) is 16.8. The van der Waals surface area contributed by atoms with Gasteiger partial charge in [-0.05, 0) is 68.1 Å². The Morgan fingerprint density at radius 3 is 2.02 bits per heavy atom. The maximum Gasteiger partial charge on any atom is 0.424 e. The van der Waals surface area contributed by atoms with Crippen molar-refractivity contribution < 1.29 is 37.8 Å². The van der Waals surface area contributed by atoms with Gasteiger partial charge < -0.3 is 20.5 Å². The number of amides is 4. The fourth-order valence-corrected chi connectivity index (χ4v) is 6.75. The molecule has 3 aromatic carbocycles. The summed E-state index contributed by atoms with van der Waals surface area (Å²) in [5.74, 6) is -5.84. The number of carbonyl (C=O) groups is 4. The maximum absolute atomic E-state index is 16.2. The molecule has 4 amide bonds. The zero-order chi connectivity index (χ0) is 37.0. The van der Waals surface area contributed by atoms with Gasteiger partial charge in [0.05, 0.1) is 22.2 Å². The number of nitrogens with one attached hydrogen (secondary N) is 2. The molecule has 1 fully saturated rings. The first kappa shape index (κ1) is 38.5. The van der Waals surface area contributed by atoms with Gasteiger partial charge in [0.15, 0.2) is 5.82 Å². The minimum atomic E-state index is -1.94. The smallest absolute Gasteiger partial charge is 0.424 e. The van der Waals surface area contributed by atoms with E-state index >= 15 is 8.78 Å². The highest BCUT2D eigenvalue weighted by atomic mass is 35.5. The van der Waals surface area contributed by atoms with Crippen molar-refractivity contribution in [1.29, 1.82) is 0 Å². The van der Waals surface area contributed by atoms with Crippen LogP contribution >= 0.6 is 58.0 Å². The van der Waals surface area contributed by atoms with Crippen molar-refractivity contribution in [3.63, 3.8) is 0 Å². The van der Waals surface area contributed by atoms with Crippen LogP contribution in [0.4, 0.5) is 35.4 Å². The van der Waals surface area contributed by atoms with Gasteiger partial charge in [0.1, 0.15) is 21.4 Å². The average molecular weight is 780 g/mol. The van der Waals surface area contributed by atoms with E-state index in [1.165, 1.54) is 65.8 Å². The SMILES string of the molecule is CC(C)(C)OC(=O)N(C(=O)O)c1cc(F)c(C(C)(C)C)c(F)c1NC(=O)c1cc(NC(=O)[C@H]2[C@H](c3cc(Cl)cc(Cl)c3)C2(Cl)Cl)ccc1Cl. The van der Waals surface area contributed by atoms with E-state index in [1.807, 2.05) is 0 Å². The third kappa shape index (κ3) is 8.35. The Balaban J connectivity index is 1.70. The maximum atomic E-state index is 16.2. The molecule has 0 heterocycles. The molecule has 16 heteroatoms. The number of alkyl halides is 2. The van der Waals surface area contributed by atoms with Crippen molar-refractivity contribution in [2.24, 2.45) is 5.92 Å². The molecule has 4 rings (SSSR count). The molecule has 2 atom stereocenters. The molecule has 0 bridgehead atoms. The van der Waals surface area contributed by atoms with Gasteiger partial charge in [-0.15, -0.1) is 23.2 Å². The molecule has 0 aliphatic heterocycles. The lowest BCUT2D eigenvalue weighted by atomic mass is 9.85. The van der Waals surface area contributed by atoms with Crippen LogP contribution in [0.25, 0.3) is 0 Å². The van der Waals surface area contributed by atoms with Crippen LogP contribution in [0.2, 0.25) is 15.1 Å². The van der Waals surface area contributed by atoms with Crippen LogP contribution in [0.15, 0.2) is 42.5 Å². The Hall–Kier alpha value is -3.35. The molecular weight excluding hydrogens is 750 g/mol. The van der Waals surface area contributed by atoms with Crippen molar-refractivity contribution in [3.8, 4) is 0 Å². The number of ether oxygens (including phenoxy) is 1. The molecule has 3 N–H and O–H groups in total. The summed E-state index contributed by atoms with van der Waals surface area (Å²) in [6, 6.07) is 9.10. The zero-order valence-corrected chi connectivity index (χ0v) is 30.6. The molecule has 1 aliphatic rings.